The third-order valence-electron chi connectivity index (χ3n) is 5.68. The second kappa shape index (κ2) is 10.8. The zero-order valence-electron chi connectivity index (χ0n) is 18.9. The number of hydrogen-bond donors (Lipinski definition) is 3. The summed E-state index contributed by atoms with van der Waals surface area (Å²) in [6.07, 6.45) is 1.14. The summed E-state index contributed by atoms with van der Waals surface area (Å²) in [5.41, 5.74) is 4.44. The van der Waals surface area contributed by atoms with Gasteiger partial charge >= 0.3 is 12.1 Å². The molecule has 0 saturated carbocycles. The molecule has 0 aromatic heterocycles. The van der Waals surface area contributed by atoms with Gasteiger partial charge < -0.3 is 20.5 Å². The average molecular weight is 451 g/mol. The van der Waals surface area contributed by atoms with Crippen molar-refractivity contribution in [2.24, 2.45) is 5.92 Å². The van der Waals surface area contributed by atoms with E-state index in [1.54, 1.807) is 0 Å². The van der Waals surface area contributed by atoms with Crippen LogP contribution in [-0.2, 0) is 14.3 Å². The number of carboxylic acids is 1. The summed E-state index contributed by atoms with van der Waals surface area (Å²) in [7, 11) is 0. The molecular weight excluding hydrogens is 420 g/mol. The molecule has 0 spiro atoms. The summed E-state index contributed by atoms with van der Waals surface area (Å²) in [5, 5.41) is 14.4. The summed E-state index contributed by atoms with van der Waals surface area (Å²) >= 11 is 0. The number of aliphatic carboxylic acids is 1. The van der Waals surface area contributed by atoms with Crippen molar-refractivity contribution in [3.8, 4) is 11.1 Å². The third-order valence-corrected chi connectivity index (χ3v) is 5.68. The Kier molecular flexibility index (Phi) is 7.87. The third kappa shape index (κ3) is 5.80. The molecule has 2 atom stereocenters. The Bertz CT molecular complexity index is 987. The molecule has 7 heteroatoms. The number of carbonyl (C=O) groups excluding carboxylic acids is 2. The Morgan fingerprint density at radius 2 is 1.58 bits per heavy atom. The van der Waals surface area contributed by atoms with Gasteiger partial charge in [0.2, 0.25) is 5.91 Å². The zero-order chi connectivity index (χ0) is 24.0. The van der Waals surface area contributed by atoms with Gasteiger partial charge in [0.25, 0.3) is 0 Å². The van der Waals surface area contributed by atoms with E-state index in [9.17, 15) is 19.5 Å². The first-order chi connectivity index (χ1) is 15.8. The minimum absolute atomic E-state index is 0.0837. The van der Waals surface area contributed by atoms with E-state index in [2.05, 4.69) is 29.3 Å². The predicted molar refractivity (Wildman–Crippen MR) is 126 cm³/mol. The van der Waals surface area contributed by atoms with Gasteiger partial charge in [-0.3, -0.25) is 4.79 Å². The first kappa shape index (κ1) is 24.0. The van der Waals surface area contributed by atoms with Crippen LogP contribution in [0.5, 0.6) is 0 Å². The zero-order valence-corrected chi connectivity index (χ0v) is 18.9. The van der Waals surface area contributed by atoms with E-state index in [4.69, 9.17) is 4.74 Å². The molecule has 174 valence electrons. The molecule has 2 amide bonds. The molecule has 7 nitrogen and oxygen atoms in total. The molecule has 1 aliphatic rings. The largest absolute Gasteiger partial charge is 0.480 e. The van der Waals surface area contributed by atoms with E-state index in [0.29, 0.717) is 6.42 Å². The Balaban J connectivity index is 1.67. The van der Waals surface area contributed by atoms with Gasteiger partial charge in [-0.25, -0.2) is 9.59 Å². The number of amides is 2. The maximum Gasteiger partial charge on any atom is 0.407 e. The van der Waals surface area contributed by atoms with Crippen molar-refractivity contribution >= 4 is 18.0 Å². The van der Waals surface area contributed by atoms with E-state index in [-0.39, 0.29) is 24.9 Å². The number of rotatable bonds is 10. The number of alkyl carbamates (subject to hydrolysis) is 1. The molecule has 0 saturated heterocycles. The summed E-state index contributed by atoms with van der Waals surface area (Å²) in [6.45, 7) is 7.48. The van der Waals surface area contributed by atoms with Crippen LogP contribution in [0, 0.1) is 5.92 Å². The highest BCUT2D eigenvalue weighted by Gasteiger charge is 2.30. The van der Waals surface area contributed by atoms with Crippen LogP contribution < -0.4 is 10.6 Å². The Morgan fingerprint density at radius 1 is 1.00 bits per heavy atom. The van der Waals surface area contributed by atoms with Crippen LogP contribution in [0.15, 0.2) is 61.2 Å². The first-order valence-corrected chi connectivity index (χ1v) is 11.1. The lowest BCUT2D eigenvalue weighted by Gasteiger charge is -2.22. The number of hydrogen-bond acceptors (Lipinski definition) is 4. The van der Waals surface area contributed by atoms with Gasteiger partial charge in [0.1, 0.15) is 18.7 Å². The lowest BCUT2D eigenvalue weighted by atomic mass is 9.98. The van der Waals surface area contributed by atoms with E-state index in [1.807, 2.05) is 50.2 Å². The Morgan fingerprint density at radius 3 is 2.09 bits per heavy atom. The maximum atomic E-state index is 12.7. The van der Waals surface area contributed by atoms with Crippen LogP contribution >= 0.6 is 0 Å². The van der Waals surface area contributed by atoms with E-state index in [1.165, 1.54) is 6.08 Å². The monoisotopic (exact) mass is 450 g/mol. The van der Waals surface area contributed by atoms with Crippen molar-refractivity contribution in [3.05, 3.63) is 72.3 Å². The number of ether oxygens (including phenoxy) is 1. The molecule has 3 N–H and O–H groups in total. The normalized spacial score (nSPS) is 14.0. The number of carboxylic acid groups (broad SMARTS) is 1. The van der Waals surface area contributed by atoms with Gasteiger partial charge in [0.15, 0.2) is 0 Å². The smallest absolute Gasteiger partial charge is 0.407 e. The fourth-order valence-electron chi connectivity index (χ4n) is 4.15. The summed E-state index contributed by atoms with van der Waals surface area (Å²) in [4.78, 5) is 36.7. The van der Waals surface area contributed by atoms with Gasteiger partial charge in [0, 0.05) is 5.92 Å². The lowest BCUT2D eigenvalue weighted by Crippen LogP contribution is -2.52. The quantitative estimate of drug-likeness (QED) is 0.473. The molecule has 2 aromatic carbocycles. The predicted octanol–water partition coefficient (Wildman–Crippen LogP) is 4.09. The maximum absolute atomic E-state index is 12.7. The van der Waals surface area contributed by atoms with Crippen molar-refractivity contribution in [2.75, 3.05) is 6.61 Å². The summed E-state index contributed by atoms with van der Waals surface area (Å²) < 4.78 is 5.54. The van der Waals surface area contributed by atoms with Crippen LogP contribution in [0.2, 0.25) is 0 Å². The van der Waals surface area contributed by atoms with Crippen LogP contribution in [0.25, 0.3) is 11.1 Å². The fourth-order valence-corrected chi connectivity index (χ4v) is 4.15. The van der Waals surface area contributed by atoms with Gasteiger partial charge in [-0.2, -0.15) is 0 Å². The molecule has 0 bridgehead atoms. The Labute approximate surface area is 193 Å². The number of nitrogens with one attached hydrogen (secondary N) is 2. The van der Waals surface area contributed by atoms with Crippen LogP contribution in [0.3, 0.4) is 0 Å². The van der Waals surface area contributed by atoms with Gasteiger partial charge in [-0.15, -0.1) is 6.58 Å². The molecule has 0 radical (unpaired) electrons. The molecule has 33 heavy (non-hydrogen) atoms. The summed E-state index contributed by atoms with van der Waals surface area (Å²) in [5.74, 6) is -1.72. The molecular formula is C26H30N2O5. The molecule has 1 aliphatic carbocycles. The molecule has 2 unspecified atom stereocenters. The fraction of sp³-hybridized carbons (Fsp3) is 0.346. The number of carbonyl (C=O) groups is 3. The van der Waals surface area contributed by atoms with Crippen LogP contribution in [0.4, 0.5) is 4.79 Å². The van der Waals surface area contributed by atoms with E-state index < -0.39 is 30.1 Å². The molecule has 0 heterocycles. The van der Waals surface area contributed by atoms with Crippen molar-refractivity contribution < 1.29 is 24.2 Å². The van der Waals surface area contributed by atoms with Gasteiger partial charge in [0.05, 0.1) is 0 Å². The molecule has 0 aliphatic heterocycles. The first-order valence-electron chi connectivity index (χ1n) is 11.1. The molecule has 0 fully saturated rings. The number of fused-ring (bicyclic) bond motifs is 3. The number of benzene rings is 2. The van der Waals surface area contributed by atoms with Gasteiger partial charge in [-0.05, 0) is 41.0 Å². The lowest BCUT2D eigenvalue weighted by molar-refractivity contribution is -0.142. The SMILES string of the molecule is C=CCC(NC(=O)C(CC(C)C)NC(=O)OCC1c2ccccc2-c2ccccc21)C(=O)O. The van der Waals surface area contributed by atoms with Gasteiger partial charge in [-0.1, -0.05) is 68.5 Å². The second-order valence-electron chi connectivity index (χ2n) is 8.58. The van der Waals surface area contributed by atoms with E-state index >= 15 is 0 Å². The van der Waals surface area contributed by atoms with Crippen LogP contribution in [0.1, 0.15) is 43.7 Å². The van der Waals surface area contributed by atoms with Crippen molar-refractivity contribution in [1.82, 2.24) is 10.6 Å². The van der Waals surface area contributed by atoms with E-state index in [0.717, 1.165) is 22.3 Å². The highest BCUT2D eigenvalue weighted by Crippen LogP contribution is 2.44. The minimum atomic E-state index is -1.16. The van der Waals surface area contributed by atoms with Crippen molar-refractivity contribution in [1.29, 1.82) is 0 Å². The molecule has 2 aromatic rings. The highest BCUT2D eigenvalue weighted by atomic mass is 16.5. The van der Waals surface area contributed by atoms with Crippen molar-refractivity contribution in [2.45, 2.75) is 44.7 Å². The topological polar surface area (TPSA) is 105 Å². The average Bonchev–Trinajstić information content (AvgIpc) is 3.10. The second-order valence-corrected chi connectivity index (χ2v) is 8.58. The standard InChI is InChI=1S/C26H30N2O5/c1-4-9-22(25(30)31)27-24(29)23(14-16(2)3)28-26(32)33-15-21-19-12-7-5-10-17(19)18-11-6-8-13-20(18)21/h4-8,10-13,16,21-23H,1,9,14-15H2,2-3H3,(H,27,29)(H,28,32)(H,30,31). The summed E-state index contributed by atoms with van der Waals surface area (Å²) in [6, 6.07) is 14.0. The Hall–Kier alpha value is -3.61. The highest BCUT2D eigenvalue weighted by molar-refractivity contribution is 5.89. The minimum Gasteiger partial charge on any atom is -0.480 e. The molecule has 3 rings (SSSR count). The van der Waals surface area contributed by atoms with Crippen LogP contribution in [-0.4, -0.2) is 41.8 Å². The van der Waals surface area contributed by atoms with Crippen molar-refractivity contribution in [3.63, 3.8) is 0 Å².